The van der Waals surface area contributed by atoms with Gasteiger partial charge in [-0.1, -0.05) is 35.8 Å². The lowest BCUT2D eigenvalue weighted by Crippen LogP contribution is -1.96. The molecule has 0 aliphatic heterocycles. The van der Waals surface area contributed by atoms with Crippen LogP contribution in [0.5, 0.6) is 11.5 Å². The number of hydrogen-bond donors (Lipinski definition) is 0. The topological polar surface area (TPSA) is 33.0 Å². The summed E-state index contributed by atoms with van der Waals surface area (Å²) in [5.41, 5.74) is 1.60. The van der Waals surface area contributed by atoms with Crippen molar-refractivity contribution in [2.45, 2.75) is 19.8 Å². The first-order valence-electron chi connectivity index (χ1n) is 6.19. The predicted molar refractivity (Wildman–Crippen MR) is 87.2 cm³/mol. The van der Waals surface area contributed by atoms with Gasteiger partial charge in [0.25, 0.3) is 0 Å². The average molecular weight is 395 g/mol. The molecular formula is C16H13Br2NO. The molecule has 102 valence electrons. The zero-order valence-corrected chi connectivity index (χ0v) is 14.3. The summed E-state index contributed by atoms with van der Waals surface area (Å²) in [7, 11) is 0. The van der Waals surface area contributed by atoms with Crippen LogP contribution >= 0.6 is 31.9 Å². The average Bonchev–Trinajstić information content (AvgIpc) is 2.41. The van der Waals surface area contributed by atoms with E-state index in [-0.39, 0.29) is 0 Å². The first kappa shape index (κ1) is 15.1. The quantitative estimate of drug-likeness (QED) is 0.639. The summed E-state index contributed by atoms with van der Waals surface area (Å²) in [5, 5.41) is 9.23. The highest BCUT2D eigenvalue weighted by atomic mass is 79.9. The van der Waals surface area contributed by atoms with Crippen molar-refractivity contribution < 1.29 is 4.74 Å². The summed E-state index contributed by atoms with van der Waals surface area (Å²) in [6.07, 6.45) is 0. The van der Waals surface area contributed by atoms with Crippen LogP contribution in [-0.2, 0) is 0 Å². The van der Waals surface area contributed by atoms with Gasteiger partial charge in [0.2, 0.25) is 0 Å². The fourth-order valence-corrected chi connectivity index (χ4v) is 2.70. The standard InChI is InChI=1S/C16H13Br2NO/c1-10(2)12-8-11(17)6-7-16(12)20-15-5-3-4-14(18)13(15)9-19/h3-8,10H,1-2H3. The Balaban J connectivity index is 2.46. The number of rotatable bonds is 3. The van der Waals surface area contributed by atoms with Gasteiger partial charge in [-0.3, -0.25) is 0 Å². The summed E-state index contributed by atoms with van der Waals surface area (Å²) in [5.74, 6) is 1.67. The molecule has 20 heavy (non-hydrogen) atoms. The monoisotopic (exact) mass is 393 g/mol. The molecule has 2 nitrogen and oxygen atoms in total. The van der Waals surface area contributed by atoms with E-state index in [1.165, 1.54) is 0 Å². The molecule has 0 spiro atoms. The van der Waals surface area contributed by atoms with E-state index in [0.717, 1.165) is 20.3 Å². The molecule has 0 radical (unpaired) electrons. The van der Waals surface area contributed by atoms with Gasteiger partial charge in [0.15, 0.2) is 0 Å². The van der Waals surface area contributed by atoms with Crippen LogP contribution in [0.4, 0.5) is 0 Å². The van der Waals surface area contributed by atoms with Gasteiger partial charge in [0.1, 0.15) is 23.1 Å². The third kappa shape index (κ3) is 3.23. The Morgan fingerprint density at radius 1 is 1.10 bits per heavy atom. The number of halogens is 2. The molecule has 0 aromatic heterocycles. The van der Waals surface area contributed by atoms with Crippen molar-refractivity contribution in [2.75, 3.05) is 0 Å². The molecule has 0 aliphatic rings. The summed E-state index contributed by atoms with van der Waals surface area (Å²) in [4.78, 5) is 0. The van der Waals surface area contributed by atoms with E-state index in [1.54, 1.807) is 6.07 Å². The summed E-state index contributed by atoms with van der Waals surface area (Å²) in [6, 6.07) is 13.5. The maximum atomic E-state index is 9.23. The Bertz CT molecular complexity index is 675. The van der Waals surface area contributed by atoms with E-state index in [0.29, 0.717) is 17.2 Å². The second kappa shape index (κ2) is 6.43. The lowest BCUT2D eigenvalue weighted by atomic mass is 10.0. The zero-order valence-electron chi connectivity index (χ0n) is 11.2. The third-order valence-electron chi connectivity index (χ3n) is 2.90. The first-order chi connectivity index (χ1) is 9.52. The number of hydrogen-bond acceptors (Lipinski definition) is 2. The van der Waals surface area contributed by atoms with Gasteiger partial charge in [0, 0.05) is 8.95 Å². The van der Waals surface area contributed by atoms with Crippen molar-refractivity contribution in [3.8, 4) is 17.6 Å². The van der Waals surface area contributed by atoms with Crippen LogP contribution in [0.15, 0.2) is 45.3 Å². The van der Waals surface area contributed by atoms with Gasteiger partial charge in [-0.15, -0.1) is 0 Å². The van der Waals surface area contributed by atoms with E-state index < -0.39 is 0 Å². The Morgan fingerprint density at radius 3 is 2.50 bits per heavy atom. The lowest BCUT2D eigenvalue weighted by molar-refractivity contribution is 0.471. The SMILES string of the molecule is CC(C)c1cc(Br)ccc1Oc1cccc(Br)c1C#N. The highest BCUT2D eigenvalue weighted by molar-refractivity contribution is 9.10. The van der Waals surface area contributed by atoms with Crippen LogP contribution in [0, 0.1) is 11.3 Å². The van der Waals surface area contributed by atoms with E-state index in [9.17, 15) is 5.26 Å². The van der Waals surface area contributed by atoms with Gasteiger partial charge in [-0.05, 0) is 57.7 Å². The molecule has 2 aromatic carbocycles. The third-order valence-corrected chi connectivity index (χ3v) is 4.06. The van der Waals surface area contributed by atoms with Crippen molar-refractivity contribution >= 4 is 31.9 Å². The van der Waals surface area contributed by atoms with E-state index >= 15 is 0 Å². The fourth-order valence-electron chi connectivity index (χ4n) is 1.88. The maximum Gasteiger partial charge on any atom is 0.146 e. The molecule has 0 fully saturated rings. The molecule has 2 rings (SSSR count). The molecule has 0 heterocycles. The molecule has 4 heteroatoms. The molecule has 0 N–H and O–H groups in total. The predicted octanol–water partition coefficient (Wildman–Crippen LogP) is 6.00. The summed E-state index contributed by atoms with van der Waals surface area (Å²) >= 11 is 6.84. The van der Waals surface area contributed by atoms with Crippen molar-refractivity contribution in [3.05, 3.63) is 56.5 Å². The Labute approximate surface area is 135 Å². The van der Waals surface area contributed by atoms with Gasteiger partial charge in [0.05, 0.1) is 0 Å². The number of nitriles is 1. The van der Waals surface area contributed by atoms with Crippen LogP contribution < -0.4 is 4.74 Å². The fraction of sp³-hybridized carbons (Fsp3) is 0.188. The summed E-state index contributed by atoms with van der Waals surface area (Å²) < 4.78 is 7.71. The van der Waals surface area contributed by atoms with Gasteiger partial charge >= 0.3 is 0 Å². The highest BCUT2D eigenvalue weighted by Gasteiger charge is 2.13. The summed E-state index contributed by atoms with van der Waals surface area (Å²) in [6.45, 7) is 4.22. The molecule has 0 unspecified atom stereocenters. The van der Waals surface area contributed by atoms with E-state index in [2.05, 4.69) is 51.8 Å². The molecule has 0 amide bonds. The normalized spacial score (nSPS) is 10.4. The largest absolute Gasteiger partial charge is 0.456 e. The highest BCUT2D eigenvalue weighted by Crippen LogP contribution is 2.35. The lowest BCUT2D eigenvalue weighted by Gasteiger charge is -2.15. The van der Waals surface area contributed by atoms with E-state index in [4.69, 9.17) is 4.74 Å². The van der Waals surface area contributed by atoms with Crippen LogP contribution in [0.2, 0.25) is 0 Å². The maximum absolute atomic E-state index is 9.23. The van der Waals surface area contributed by atoms with Crippen LogP contribution in [0.1, 0.15) is 30.9 Å². The molecular weight excluding hydrogens is 382 g/mol. The molecule has 0 bridgehead atoms. The zero-order chi connectivity index (χ0) is 14.7. The second-order valence-electron chi connectivity index (χ2n) is 4.66. The number of ether oxygens (including phenoxy) is 1. The van der Waals surface area contributed by atoms with Crippen molar-refractivity contribution in [2.24, 2.45) is 0 Å². The molecule has 0 aliphatic carbocycles. The Kier molecular flexibility index (Phi) is 4.85. The number of benzene rings is 2. The van der Waals surface area contributed by atoms with Crippen LogP contribution in [0.25, 0.3) is 0 Å². The van der Waals surface area contributed by atoms with Crippen molar-refractivity contribution in [1.82, 2.24) is 0 Å². The van der Waals surface area contributed by atoms with E-state index in [1.807, 2.05) is 30.3 Å². The second-order valence-corrected chi connectivity index (χ2v) is 6.43. The molecule has 0 saturated heterocycles. The smallest absolute Gasteiger partial charge is 0.146 e. The Hall–Kier alpha value is -1.31. The van der Waals surface area contributed by atoms with Gasteiger partial charge < -0.3 is 4.74 Å². The minimum absolute atomic E-state index is 0.334. The van der Waals surface area contributed by atoms with Crippen molar-refractivity contribution in [1.29, 1.82) is 5.26 Å². The van der Waals surface area contributed by atoms with Crippen LogP contribution in [0.3, 0.4) is 0 Å². The minimum Gasteiger partial charge on any atom is -0.456 e. The minimum atomic E-state index is 0.334. The molecule has 0 atom stereocenters. The molecule has 2 aromatic rings. The first-order valence-corrected chi connectivity index (χ1v) is 7.77. The van der Waals surface area contributed by atoms with Crippen molar-refractivity contribution in [3.63, 3.8) is 0 Å². The van der Waals surface area contributed by atoms with Crippen LogP contribution in [-0.4, -0.2) is 0 Å². The number of nitrogens with zero attached hydrogens (tertiary/aromatic N) is 1. The van der Waals surface area contributed by atoms with Gasteiger partial charge in [-0.25, -0.2) is 0 Å². The Morgan fingerprint density at radius 2 is 1.85 bits per heavy atom. The molecule has 0 saturated carbocycles. The van der Waals surface area contributed by atoms with Gasteiger partial charge in [-0.2, -0.15) is 5.26 Å².